The van der Waals surface area contributed by atoms with Crippen LogP contribution in [-0.2, 0) is 9.78 Å². The van der Waals surface area contributed by atoms with Crippen molar-refractivity contribution in [1.29, 1.82) is 0 Å². The van der Waals surface area contributed by atoms with Crippen molar-refractivity contribution in [2.75, 3.05) is 0 Å². The summed E-state index contributed by atoms with van der Waals surface area (Å²) in [7, 11) is 0. The van der Waals surface area contributed by atoms with E-state index in [1.54, 1.807) is 0 Å². The Morgan fingerprint density at radius 3 is 1.50 bits per heavy atom. The molecular formula is C10H18O2. The van der Waals surface area contributed by atoms with Gasteiger partial charge in [0.05, 0.1) is 12.2 Å². The van der Waals surface area contributed by atoms with Crippen LogP contribution in [0, 0.1) is 0 Å². The van der Waals surface area contributed by atoms with E-state index in [1.165, 1.54) is 51.4 Å². The first-order valence-electron chi connectivity index (χ1n) is 5.27. The van der Waals surface area contributed by atoms with Gasteiger partial charge in [-0.25, -0.2) is 9.78 Å². The highest BCUT2D eigenvalue weighted by molar-refractivity contribution is 4.68. The van der Waals surface area contributed by atoms with E-state index in [0.717, 1.165) is 0 Å². The fraction of sp³-hybridized carbons (Fsp3) is 1.00. The minimum atomic E-state index is 0.402. The van der Waals surface area contributed by atoms with Crippen LogP contribution in [0.3, 0.4) is 0 Å². The lowest BCUT2D eigenvalue weighted by Gasteiger charge is -2.28. The molecule has 70 valence electrons. The van der Waals surface area contributed by atoms with Crippen molar-refractivity contribution in [3.8, 4) is 0 Å². The van der Waals surface area contributed by atoms with Crippen LogP contribution in [0.15, 0.2) is 0 Å². The molecule has 2 nitrogen and oxygen atoms in total. The molecule has 0 aromatic rings. The zero-order valence-corrected chi connectivity index (χ0v) is 7.63. The SMILES string of the molecule is C1CCC(OOC2CCC2)CC1. The highest BCUT2D eigenvalue weighted by atomic mass is 17.2. The summed E-state index contributed by atoms with van der Waals surface area (Å²) in [6, 6.07) is 0. The van der Waals surface area contributed by atoms with Gasteiger partial charge in [0.25, 0.3) is 0 Å². The summed E-state index contributed by atoms with van der Waals surface area (Å²) in [5.41, 5.74) is 0. The molecule has 0 radical (unpaired) electrons. The molecule has 2 aliphatic carbocycles. The third kappa shape index (κ3) is 2.20. The fourth-order valence-electron chi connectivity index (χ4n) is 1.79. The van der Waals surface area contributed by atoms with Gasteiger partial charge in [-0.05, 0) is 32.1 Å². The standard InChI is InChI=1S/C10H18O2/c1-2-5-9(6-3-1)11-12-10-7-4-8-10/h9-10H,1-8H2. The summed E-state index contributed by atoms with van der Waals surface area (Å²) < 4.78 is 0. The Balaban J connectivity index is 1.58. The van der Waals surface area contributed by atoms with Crippen molar-refractivity contribution in [2.24, 2.45) is 0 Å². The molecule has 12 heavy (non-hydrogen) atoms. The van der Waals surface area contributed by atoms with Gasteiger partial charge in [-0.3, -0.25) is 0 Å². The molecule has 0 aromatic carbocycles. The topological polar surface area (TPSA) is 18.5 Å². The Labute approximate surface area is 74.2 Å². The Morgan fingerprint density at radius 2 is 1.08 bits per heavy atom. The van der Waals surface area contributed by atoms with Gasteiger partial charge in [-0.2, -0.15) is 0 Å². The molecule has 2 heteroatoms. The van der Waals surface area contributed by atoms with Crippen molar-refractivity contribution in [2.45, 2.75) is 63.6 Å². The van der Waals surface area contributed by atoms with Gasteiger partial charge in [0.15, 0.2) is 0 Å². The van der Waals surface area contributed by atoms with Crippen LogP contribution in [0.25, 0.3) is 0 Å². The van der Waals surface area contributed by atoms with Gasteiger partial charge in [0.2, 0.25) is 0 Å². The summed E-state index contributed by atoms with van der Waals surface area (Å²) >= 11 is 0. The van der Waals surface area contributed by atoms with E-state index in [0.29, 0.717) is 12.2 Å². The zero-order valence-electron chi connectivity index (χ0n) is 7.63. The third-order valence-corrected chi connectivity index (χ3v) is 2.93. The molecule has 0 bridgehead atoms. The van der Waals surface area contributed by atoms with Gasteiger partial charge in [-0.15, -0.1) is 0 Å². The summed E-state index contributed by atoms with van der Waals surface area (Å²) in [4.78, 5) is 10.7. The van der Waals surface area contributed by atoms with Crippen LogP contribution in [0.2, 0.25) is 0 Å². The van der Waals surface area contributed by atoms with Crippen LogP contribution in [0.1, 0.15) is 51.4 Å². The predicted molar refractivity (Wildman–Crippen MR) is 46.7 cm³/mol. The second-order valence-electron chi connectivity index (χ2n) is 4.01. The maximum atomic E-state index is 5.39. The average molecular weight is 170 g/mol. The van der Waals surface area contributed by atoms with E-state index in [-0.39, 0.29) is 0 Å². The van der Waals surface area contributed by atoms with Crippen LogP contribution in [-0.4, -0.2) is 12.2 Å². The molecule has 2 aliphatic rings. The van der Waals surface area contributed by atoms with E-state index in [2.05, 4.69) is 0 Å². The van der Waals surface area contributed by atoms with Crippen molar-refractivity contribution in [3.63, 3.8) is 0 Å². The lowest BCUT2D eigenvalue weighted by Crippen LogP contribution is -2.26. The number of hydrogen-bond acceptors (Lipinski definition) is 2. The largest absolute Gasteiger partial charge is 0.233 e. The monoisotopic (exact) mass is 170 g/mol. The normalized spacial score (nSPS) is 27.0. The van der Waals surface area contributed by atoms with Crippen LogP contribution < -0.4 is 0 Å². The lowest BCUT2D eigenvalue weighted by atomic mass is 9.96. The predicted octanol–water partition coefficient (Wildman–Crippen LogP) is 2.82. The molecule has 0 heterocycles. The van der Waals surface area contributed by atoms with E-state index >= 15 is 0 Å². The Hall–Kier alpha value is -0.0800. The maximum Gasteiger partial charge on any atom is 0.0930 e. The Kier molecular flexibility index (Phi) is 3.01. The quantitative estimate of drug-likeness (QED) is 0.479. The van der Waals surface area contributed by atoms with E-state index in [4.69, 9.17) is 9.78 Å². The number of hydrogen-bond donors (Lipinski definition) is 0. The first-order chi connectivity index (χ1) is 5.95. The molecular weight excluding hydrogens is 152 g/mol. The molecule has 0 N–H and O–H groups in total. The maximum absolute atomic E-state index is 5.39. The average Bonchev–Trinajstić information content (AvgIpc) is 2.04. The van der Waals surface area contributed by atoms with Gasteiger partial charge in [0.1, 0.15) is 0 Å². The van der Waals surface area contributed by atoms with Crippen molar-refractivity contribution in [3.05, 3.63) is 0 Å². The Bertz CT molecular complexity index is 126. The first kappa shape index (κ1) is 8.52. The molecule has 0 unspecified atom stereocenters. The number of rotatable bonds is 3. The van der Waals surface area contributed by atoms with Gasteiger partial charge >= 0.3 is 0 Å². The molecule has 0 aliphatic heterocycles. The van der Waals surface area contributed by atoms with Crippen LogP contribution in [0.4, 0.5) is 0 Å². The summed E-state index contributed by atoms with van der Waals surface area (Å²) in [5.74, 6) is 0. The van der Waals surface area contributed by atoms with Gasteiger partial charge in [0, 0.05) is 0 Å². The summed E-state index contributed by atoms with van der Waals surface area (Å²) in [6.45, 7) is 0. The second kappa shape index (κ2) is 4.24. The highest BCUT2D eigenvalue weighted by Gasteiger charge is 2.22. The minimum Gasteiger partial charge on any atom is -0.233 e. The second-order valence-corrected chi connectivity index (χ2v) is 4.01. The molecule has 2 saturated carbocycles. The van der Waals surface area contributed by atoms with Crippen molar-refractivity contribution < 1.29 is 9.78 Å². The molecule has 0 amide bonds. The van der Waals surface area contributed by atoms with E-state index in [1.807, 2.05) is 0 Å². The summed E-state index contributed by atoms with van der Waals surface area (Å²) in [6.07, 6.45) is 11.0. The zero-order chi connectivity index (χ0) is 8.23. The fourth-order valence-corrected chi connectivity index (χ4v) is 1.79. The van der Waals surface area contributed by atoms with Crippen molar-refractivity contribution >= 4 is 0 Å². The van der Waals surface area contributed by atoms with Crippen LogP contribution in [0.5, 0.6) is 0 Å². The molecule has 2 fully saturated rings. The smallest absolute Gasteiger partial charge is 0.0930 e. The van der Waals surface area contributed by atoms with Crippen LogP contribution >= 0.6 is 0 Å². The molecule has 0 spiro atoms. The van der Waals surface area contributed by atoms with Crippen molar-refractivity contribution in [1.82, 2.24) is 0 Å². The lowest BCUT2D eigenvalue weighted by molar-refractivity contribution is -0.365. The minimum absolute atomic E-state index is 0.402. The molecule has 0 saturated heterocycles. The van der Waals surface area contributed by atoms with Gasteiger partial charge in [-0.1, -0.05) is 19.3 Å². The summed E-state index contributed by atoms with van der Waals surface area (Å²) in [5, 5.41) is 0. The third-order valence-electron chi connectivity index (χ3n) is 2.93. The molecule has 2 rings (SSSR count). The Morgan fingerprint density at radius 1 is 0.583 bits per heavy atom. The van der Waals surface area contributed by atoms with E-state index in [9.17, 15) is 0 Å². The van der Waals surface area contributed by atoms with E-state index < -0.39 is 0 Å². The first-order valence-corrected chi connectivity index (χ1v) is 5.27. The molecule has 0 atom stereocenters. The highest BCUT2D eigenvalue weighted by Crippen LogP contribution is 2.25. The molecule has 0 aromatic heterocycles. The van der Waals surface area contributed by atoms with Gasteiger partial charge < -0.3 is 0 Å².